The third-order valence-corrected chi connectivity index (χ3v) is 2.97. The molecule has 1 N–H and O–H groups in total. The van der Waals surface area contributed by atoms with Gasteiger partial charge in [-0.05, 0) is 25.1 Å². The number of aromatic nitrogens is 3. The van der Waals surface area contributed by atoms with Gasteiger partial charge in [-0.15, -0.1) is 5.10 Å². The van der Waals surface area contributed by atoms with Crippen LogP contribution in [0.4, 0.5) is 0 Å². The Morgan fingerprint density at radius 3 is 3.06 bits per heavy atom. The van der Waals surface area contributed by atoms with E-state index in [-0.39, 0.29) is 11.6 Å². The number of hydrogen-bond donors (Lipinski definition) is 1. The lowest BCUT2D eigenvalue weighted by atomic mass is 10.2. The van der Waals surface area contributed by atoms with Crippen molar-refractivity contribution < 1.29 is 0 Å². The SMILES string of the molecule is O=c1c2ccccc2nnn1[C@H]1CCNC1. The highest BCUT2D eigenvalue weighted by atomic mass is 16.1. The molecule has 16 heavy (non-hydrogen) atoms. The van der Waals surface area contributed by atoms with Crippen LogP contribution in [0.15, 0.2) is 29.1 Å². The molecule has 0 saturated carbocycles. The number of fused-ring (bicyclic) bond motifs is 1. The molecule has 1 atom stereocenters. The van der Waals surface area contributed by atoms with Crippen LogP contribution >= 0.6 is 0 Å². The van der Waals surface area contributed by atoms with Crippen molar-refractivity contribution in [3.63, 3.8) is 0 Å². The van der Waals surface area contributed by atoms with E-state index in [2.05, 4.69) is 15.6 Å². The molecule has 1 fully saturated rings. The third kappa shape index (κ3) is 1.40. The monoisotopic (exact) mass is 216 g/mol. The van der Waals surface area contributed by atoms with Crippen LogP contribution in [-0.2, 0) is 0 Å². The Morgan fingerprint density at radius 2 is 2.25 bits per heavy atom. The Labute approximate surface area is 92.1 Å². The second-order valence-corrected chi connectivity index (χ2v) is 4.00. The van der Waals surface area contributed by atoms with Gasteiger partial charge in [0.25, 0.3) is 5.56 Å². The quantitative estimate of drug-likeness (QED) is 0.746. The molecule has 0 bridgehead atoms. The lowest BCUT2D eigenvalue weighted by Gasteiger charge is -2.10. The fraction of sp³-hybridized carbons (Fsp3) is 0.364. The topological polar surface area (TPSA) is 59.8 Å². The van der Waals surface area contributed by atoms with Crippen molar-refractivity contribution >= 4 is 10.9 Å². The summed E-state index contributed by atoms with van der Waals surface area (Å²) < 4.78 is 1.50. The molecule has 1 aromatic heterocycles. The summed E-state index contributed by atoms with van der Waals surface area (Å²) in [6.45, 7) is 1.73. The Morgan fingerprint density at radius 1 is 1.38 bits per heavy atom. The van der Waals surface area contributed by atoms with Crippen LogP contribution in [0.1, 0.15) is 12.5 Å². The normalized spacial score (nSPS) is 20.4. The first-order valence-corrected chi connectivity index (χ1v) is 5.41. The van der Waals surface area contributed by atoms with Crippen molar-refractivity contribution in [1.82, 2.24) is 20.3 Å². The molecule has 1 aliphatic rings. The van der Waals surface area contributed by atoms with Gasteiger partial charge < -0.3 is 5.32 Å². The first-order chi connectivity index (χ1) is 7.86. The van der Waals surface area contributed by atoms with E-state index in [0.29, 0.717) is 10.9 Å². The molecular weight excluding hydrogens is 204 g/mol. The molecule has 0 radical (unpaired) electrons. The maximum Gasteiger partial charge on any atom is 0.277 e. The summed E-state index contributed by atoms with van der Waals surface area (Å²) >= 11 is 0. The van der Waals surface area contributed by atoms with Crippen LogP contribution in [0.5, 0.6) is 0 Å². The van der Waals surface area contributed by atoms with Gasteiger partial charge in [0.1, 0.15) is 5.52 Å². The van der Waals surface area contributed by atoms with E-state index in [9.17, 15) is 4.79 Å². The highest BCUT2D eigenvalue weighted by molar-refractivity contribution is 5.76. The highest BCUT2D eigenvalue weighted by Gasteiger charge is 2.19. The van der Waals surface area contributed by atoms with Gasteiger partial charge in [0, 0.05) is 6.54 Å². The lowest BCUT2D eigenvalue weighted by Crippen LogP contribution is -2.29. The number of benzene rings is 1. The maximum atomic E-state index is 12.1. The summed E-state index contributed by atoms with van der Waals surface area (Å²) in [4.78, 5) is 12.1. The number of nitrogens with one attached hydrogen (secondary N) is 1. The predicted molar refractivity (Wildman–Crippen MR) is 60.3 cm³/mol. The molecule has 5 heteroatoms. The summed E-state index contributed by atoms with van der Waals surface area (Å²) in [6, 6.07) is 7.46. The zero-order valence-electron chi connectivity index (χ0n) is 8.76. The molecule has 2 aromatic rings. The van der Waals surface area contributed by atoms with E-state index in [1.807, 2.05) is 12.1 Å². The summed E-state index contributed by atoms with van der Waals surface area (Å²) in [7, 11) is 0. The lowest BCUT2D eigenvalue weighted by molar-refractivity contribution is 0.448. The second kappa shape index (κ2) is 3.68. The van der Waals surface area contributed by atoms with Gasteiger partial charge in [0.05, 0.1) is 11.4 Å². The van der Waals surface area contributed by atoms with Crippen molar-refractivity contribution in [2.75, 3.05) is 13.1 Å². The van der Waals surface area contributed by atoms with Crippen LogP contribution in [0.25, 0.3) is 10.9 Å². The largest absolute Gasteiger partial charge is 0.315 e. The zero-order chi connectivity index (χ0) is 11.0. The van der Waals surface area contributed by atoms with Crippen molar-refractivity contribution in [1.29, 1.82) is 0 Å². The van der Waals surface area contributed by atoms with Gasteiger partial charge in [-0.25, -0.2) is 4.68 Å². The number of nitrogens with zero attached hydrogens (tertiary/aromatic N) is 3. The van der Waals surface area contributed by atoms with E-state index in [4.69, 9.17) is 0 Å². The minimum atomic E-state index is -0.0423. The Hall–Kier alpha value is -1.75. The van der Waals surface area contributed by atoms with Crippen molar-refractivity contribution in [3.05, 3.63) is 34.6 Å². The summed E-state index contributed by atoms with van der Waals surface area (Å²) in [5, 5.41) is 11.9. The minimum absolute atomic E-state index is 0.0423. The minimum Gasteiger partial charge on any atom is -0.315 e. The molecule has 1 aliphatic heterocycles. The first-order valence-electron chi connectivity index (χ1n) is 5.41. The maximum absolute atomic E-state index is 12.1. The molecule has 0 spiro atoms. The molecule has 82 valence electrons. The van der Waals surface area contributed by atoms with E-state index in [0.717, 1.165) is 19.5 Å². The van der Waals surface area contributed by atoms with Gasteiger partial charge in [-0.3, -0.25) is 4.79 Å². The average molecular weight is 216 g/mol. The Kier molecular flexibility index (Phi) is 2.18. The van der Waals surface area contributed by atoms with E-state index < -0.39 is 0 Å². The third-order valence-electron chi connectivity index (χ3n) is 2.97. The van der Waals surface area contributed by atoms with Crippen molar-refractivity contribution in [3.8, 4) is 0 Å². The summed E-state index contributed by atoms with van der Waals surface area (Å²) in [5.74, 6) is 0. The molecule has 2 heterocycles. The van der Waals surface area contributed by atoms with Crippen LogP contribution in [0, 0.1) is 0 Å². The molecule has 1 aromatic carbocycles. The molecule has 5 nitrogen and oxygen atoms in total. The van der Waals surface area contributed by atoms with E-state index in [1.165, 1.54) is 4.68 Å². The molecule has 0 unspecified atom stereocenters. The second-order valence-electron chi connectivity index (χ2n) is 4.00. The Bertz CT molecular complexity index is 571. The number of hydrogen-bond acceptors (Lipinski definition) is 4. The van der Waals surface area contributed by atoms with Crippen LogP contribution in [-0.4, -0.2) is 28.1 Å². The average Bonchev–Trinajstić information content (AvgIpc) is 2.83. The summed E-state index contributed by atoms with van der Waals surface area (Å²) in [6.07, 6.45) is 0.937. The van der Waals surface area contributed by atoms with Crippen LogP contribution < -0.4 is 10.9 Å². The van der Waals surface area contributed by atoms with Gasteiger partial charge in [0.15, 0.2) is 0 Å². The standard InChI is InChI=1S/C11H12N4O/c16-11-9-3-1-2-4-10(9)13-14-15(11)8-5-6-12-7-8/h1-4,8,12H,5-7H2/t8-/m0/s1. The van der Waals surface area contributed by atoms with Gasteiger partial charge in [-0.2, -0.15) is 0 Å². The zero-order valence-corrected chi connectivity index (χ0v) is 8.76. The van der Waals surface area contributed by atoms with Crippen LogP contribution in [0.3, 0.4) is 0 Å². The molecule has 0 amide bonds. The molecule has 0 aliphatic carbocycles. The van der Waals surface area contributed by atoms with Gasteiger partial charge >= 0.3 is 0 Å². The molecule has 3 rings (SSSR count). The van der Waals surface area contributed by atoms with E-state index >= 15 is 0 Å². The fourth-order valence-electron chi connectivity index (χ4n) is 2.09. The fourth-order valence-corrected chi connectivity index (χ4v) is 2.09. The van der Waals surface area contributed by atoms with Crippen LogP contribution in [0.2, 0.25) is 0 Å². The summed E-state index contributed by atoms with van der Waals surface area (Å²) in [5.41, 5.74) is 0.619. The van der Waals surface area contributed by atoms with E-state index in [1.54, 1.807) is 12.1 Å². The highest BCUT2D eigenvalue weighted by Crippen LogP contribution is 2.12. The molecular formula is C11H12N4O. The Balaban J connectivity index is 2.19. The van der Waals surface area contributed by atoms with Gasteiger partial charge in [0.2, 0.25) is 0 Å². The first kappa shape index (κ1) is 9.47. The predicted octanol–water partition coefficient (Wildman–Crippen LogP) is 0.326. The van der Waals surface area contributed by atoms with Crippen molar-refractivity contribution in [2.45, 2.75) is 12.5 Å². The number of rotatable bonds is 1. The smallest absolute Gasteiger partial charge is 0.277 e. The van der Waals surface area contributed by atoms with Crippen molar-refractivity contribution in [2.24, 2.45) is 0 Å². The molecule has 1 saturated heterocycles. The van der Waals surface area contributed by atoms with Gasteiger partial charge in [-0.1, -0.05) is 17.3 Å².